The summed E-state index contributed by atoms with van der Waals surface area (Å²) in [5.74, 6) is -1.78. The average molecular weight is 403 g/mol. The van der Waals surface area contributed by atoms with Gasteiger partial charge in [0, 0.05) is 12.4 Å². The number of carboxylic acid groups (broad SMARTS) is 2. The van der Waals surface area contributed by atoms with Gasteiger partial charge in [-0.25, -0.2) is 0 Å². The number of hydrogen-bond acceptors (Lipinski definition) is 3. The van der Waals surface area contributed by atoms with Gasteiger partial charge < -0.3 is 15.0 Å². The Morgan fingerprint density at radius 3 is 1.67 bits per heavy atom. The minimum atomic E-state index is -1.01. The molecule has 0 bridgehead atoms. The van der Waals surface area contributed by atoms with Crippen LogP contribution in [0.15, 0.2) is 0 Å². The summed E-state index contributed by atoms with van der Waals surface area (Å²) in [4.78, 5) is 20.1. The second-order valence-corrected chi connectivity index (χ2v) is 3.03. The number of hydrogen-bond donors (Lipinski definition) is 1. The van der Waals surface area contributed by atoms with Crippen molar-refractivity contribution in [3.05, 3.63) is 0 Å². The zero-order valence-corrected chi connectivity index (χ0v) is 11.2. The Kier molecular flexibility index (Phi) is 20.0. The molecule has 0 amide bonds. The van der Waals surface area contributed by atoms with Gasteiger partial charge in [-0.3, -0.25) is 4.79 Å². The molecule has 0 aromatic rings. The number of rotatable bonds is 8. The first-order valence-electron chi connectivity index (χ1n) is 4.54. The van der Waals surface area contributed by atoms with Crippen LogP contribution in [0.2, 0.25) is 0 Å². The van der Waals surface area contributed by atoms with Gasteiger partial charge in [-0.1, -0.05) is 19.3 Å². The Labute approximate surface area is 121 Å². The molecule has 0 aliphatic carbocycles. The minimum absolute atomic E-state index is 0. The fraction of sp³-hybridized carbons (Fsp3) is 0.778. The Hall–Kier alpha value is 0.421. The first-order valence-corrected chi connectivity index (χ1v) is 4.54. The normalized spacial score (nSPS) is 8.53. The third-order valence-corrected chi connectivity index (χ3v) is 1.77. The molecule has 0 aliphatic rings. The Bertz CT molecular complexity index is 155. The van der Waals surface area contributed by atoms with Crippen LogP contribution in [0.3, 0.4) is 0 Å². The molecule has 1 N–H and O–H groups in total. The smallest absolute Gasteiger partial charge is 0.550 e. The van der Waals surface area contributed by atoms with E-state index in [9.17, 15) is 14.7 Å². The topological polar surface area (TPSA) is 77.4 Å². The molecule has 0 aromatic heterocycles. The second-order valence-electron chi connectivity index (χ2n) is 3.03. The van der Waals surface area contributed by atoms with Crippen LogP contribution in [0.4, 0.5) is 0 Å². The van der Waals surface area contributed by atoms with Crippen molar-refractivity contribution < 1.29 is 64.6 Å². The molecule has 15 heavy (non-hydrogen) atoms. The third kappa shape index (κ3) is 20.5. The van der Waals surface area contributed by atoms with E-state index in [0.29, 0.717) is 12.8 Å². The second kappa shape index (κ2) is 14.4. The Morgan fingerprint density at radius 2 is 1.27 bits per heavy atom. The van der Waals surface area contributed by atoms with Gasteiger partial charge in [0.1, 0.15) is 0 Å². The van der Waals surface area contributed by atoms with E-state index in [2.05, 4.69) is 0 Å². The van der Waals surface area contributed by atoms with Gasteiger partial charge in [0.25, 0.3) is 0 Å². The molecule has 0 saturated carbocycles. The molecule has 0 atom stereocenters. The van der Waals surface area contributed by atoms with Crippen molar-refractivity contribution in [2.45, 2.75) is 44.9 Å². The van der Waals surface area contributed by atoms with E-state index in [1.165, 1.54) is 0 Å². The monoisotopic (exact) mass is 401 g/mol. The number of carbonyl (C=O) groups excluding carboxylic acids is 1. The molecule has 0 spiro atoms. The molecule has 0 fully saturated rings. The number of carboxylic acids is 2. The standard InChI is InChI=1S/C9H16O4.2Ag/c10-8(11)6-4-2-1-3-5-7-9(12)13;;/h1-7H2,(H,10,11)(H,12,13);;/q;2*+1/p-1. The Morgan fingerprint density at radius 1 is 0.867 bits per heavy atom. The maximum Gasteiger partial charge on any atom is 1.00 e. The number of unbranched alkanes of at least 4 members (excludes halogenated alkanes) is 4. The van der Waals surface area contributed by atoms with Crippen LogP contribution in [0, 0.1) is 0 Å². The van der Waals surface area contributed by atoms with E-state index in [1.807, 2.05) is 0 Å². The molecule has 0 heterocycles. The molecule has 0 radical (unpaired) electrons. The average Bonchev–Trinajstić information content (AvgIpc) is 2.01. The predicted molar refractivity (Wildman–Crippen MR) is 45.0 cm³/mol. The zero-order valence-electron chi connectivity index (χ0n) is 8.22. The summed E-state index contributed by atoms with van der Waals surface area (Å²) < 4.78 is 0. The summed E-state index contributed by atoms with van der Waals surface area (Å²) in [7, 11) is 0. The third-order valence-electron chi connectivity index (χ3n) is 1.77. The van der Waals surface area contributed by atoms with Gasteiger partial charge in [-0.15, -0.1) is 0 Å². The first kappa shape index (κ1) is 20.8. The largest absolute Gasteiger partial charge is 1.00 e. The van der Waals surface area contributed by atoms with Gasteiger partial charge in [-0.05, 0) is 19.3 Å². The van der Waals surface area contributed by atoms with E-state index < -0.39 is 11.9 Å². The van der Waals surface area contributed by atoms with Crippen LogP contribution in [0.1, 0.15) is 44.9 Å². The minimum Gasteiger partial charge on any atom is -0.550 e. The van der Waals surface area contributed by atoms with Crippen LogP contribution in [0.5, 0.6) is 0 Å². The fourth-order valence-electron chi connectivity index (χ4n) is 1.08. The van der Waals surface area contributed by atoms with E-state index >= 15 is 0 Å². The fourth-order valence-corrected chi connectivity index (χ4v) is 1.08. The van der Waals surface area contributed by atoms with E-state index in [4.69, 9.17) is 5.11 Å². The van der Waals surface area contributed by atoms with Gasteiger partial charge in [-0.2, -0.15) is 0 Å². The van der Waals surface area contributed by atoms with Crippen LogP contribution in [-0.4, -0.2) is 17.0 Å². The summed E-state index contributed by atoms with van der Waals surface area (Å²) in [6.07, 6.45) is 4.24. The van der Waals surface area contributed by atoms with Crippen molar-refractivity contribution in [1.29, 1.82) is 0 Å². The summed E-state index contributed by atoms with van der Waals surface area (Å²) in [6.45, 7) is 0. The summed E-state index contributed by atoms with van der Waals surface area (Å²) in [5, 5.41) is 18.3. The van der Waals surface area contributed by atoms with E-state index in [0.717, 1.165) is 19.3 Å². The van der Waals surface area contributed by atoms with Crippen molar-refractivity contribution in [3.63, 3.8) is 0 Å². The molecular weight excluding hydrogens is 388 g/mol. The van der Waals surface area contributed by atoms with Crippen molar-refractivity contribution >= 4 is 11.9 Å². The van der Waals surface area contributed by atoms with Crippen molar-refractivity contribution in [3.8, 4) is 0 Å². The summed E-state index contributed by atoms with van der Waals surface area (Å²) >= 11 is 0. The quantitative estimate of drug-likeness (QED) is 0.475. The van der Waals surface area contributed by atoms with Gasteiger partial charge in [0.05, 0.1) is 0 Å². The molecule has 0 unspecified atom stereocenters. The molecule has 0 aliphatic heterocycles. The molecule has 0 aromatic carbocycles. The van der Waals surface area contributed by atoms with Crippen molar-refractivity contribution in [2.75, 3.05) is 0 Å². The predicted octanol–water partition coefficient (Wildman–Crippen LogP) is 0.547. The Balaban J connectivity index is -0.000000720. The van der Waals surface area contributed by atoms with Crippen molar-refractivity contribution in [2.24, 2.45) is 0 Å². The molecule has 4 nitrogen and oxygen atoms in total. The first-order chi connectivity index (χ1) is 6.13. The maximum atomic E-state index is 10.1. The molecule has 0 saturated heterocycles. The SMILES string of the molecule is O=C([O-])CCCCCCCC(=O)O.[Ag+].[Ag+]. The van der Waals surface area contributed by atoms with Gasteiger partial charge >= 0.3 is 50.7 Å². The molecule has 6 heteroatoms. The number of aliphatic carboxylic acids is 2. The molecule has 96 valence electrons. The number of carbonyl (C=O) groups is 2. The van der Waals surface area contributed by atoms with Crippen LogP contribution >= 0.6 is 0 Å². The van der Waals surface area contributed by atoms with E-state index in [-0.39, 0.29) is 57.6 Å². The molecule has 0 rings (SSSR count). The van der Waals surface area contributed by atoms with Crippen LogP contribution in [-0.2, 0) is 54.3 Å². The van der Waals surface area contributed by atoms with Crippen LogP contribution in [0.25, 0.3) is 0 Å². The maximum absolute atomic E-state index is 10.1. The van der Waals surface area contributed by atoms with Crippen LogP contribution < -0.4 is 5.11 Å². The molecular formula is C9H15Ag2O4+. The van der Waals surface area contributed by atoms with Gasteiger partial charge in [0.2, 0.25) is 0 Å². The van der Waals surface area contributed by atoms with Gasteiger partial charge in [0.15, 0.2) is 0 Å². The zero-order chi connectivity index (χ0) is 10.1. The van der Waals surface area contributed by atoms with Crippen molar-refractivity contribution in [1.82, 2.24) is 0 Å². The van der Waals surface area contributed by atoms with E-state index in [1.54, 1.807) is 0 Å². The summed E-state index contributed by atoms with van der Waals surface area (Å²) in [6, 6.07) is 0. The summed E-state index contributed by atoms with van der Waals surface area (Å²) in [5.41, 5.74) is 0.